The fourth-order valence-corrected chi connectivity index (χ4v) is 2.99. The summed E-state index contributed by atoms with van der Waals surface area (Å²) in [7, 11) is 0. The van der Waals surface area contributed by atoms with Crippen molar-refractivity contribution in [2.24, 2.45) is 5.41 Å². The number of hydrogen-bond donors (Lipinski definition) is 1. The largest absolute Gasteiger partial charge is 0.481 e. The fraction of sp³-hybridized carbons (Fsp3) is 0.800. The lowest BCUT2D eigenvalue weighted by molar-refractivity contribution is -0.150. The first kappa shape index (κ1) is 15.9. The van der Waals surface area contributed by atoms with Crippen LogP contribution in [0.2, 0.25) is 0 Å². The molecule has 6 nitrogen and oxygen atoms in total. The Morgan fingerprint density at radius 3 is 2.62 bits per heavy atom. The van der Waals surface area contributed by atoms with Gasteiger partial charge in [-0.05, 0) is 26.7 Å². The molecule has 1 unspecified atom stereocenters. The van der Waals surface area contributed by atoms with Crippen LogP contribution in [0, 0.1) is 5.41 Å². The van der Waals surface area contributed by atoms with Gasteiger partial charge in [-0.2, -0.15) is 4.98 Å². The highest BCUT2D eigenvalue weighted by molar-refractivity contribution is 5.74. The Morgan fingerprint density at radius 1 is 1.38 bits per heavy atom. The van der Waals surface area contributed by atoms with Crippen LogP contribution < -0.4 is 0 Å². The van der Waals surface area contributed by atoms with Crippen molar-refractivity contribution in [2.75, 3.05) is 6.61 Å². The third kappa shape index (κ3) is 3.81. The Balaban J connectivity index is 2.12. The lowest BCUT2D eigenvalue weighted by Gasteiger charge is -2.26. The van der Waals surface area contributed by atoms with Gasteiger partial charge in [-0.15, -0.1) is 0 Å². The van der Waals surface area contributed by atoms with Crippen molar-refractivity contribution in [1.82, 2.24) is 10.1 Å². The third-order valence-electron chi connectivity index (χ3n) is 4.27. The lowest BCUT2D eigenvalue weighted by atomic mass is 9.77. The molecule has 0 amide bonds. The van der Waals surface area contributed by atoms with Crippen molar-refractivity contribution in [3.05, 3.63) is 11.7 Å². The lowest BCUT2D eigenvalue weighted by Crippen LogP contribution is -2.33. The van der Waals surface area contributed by atoms with Gasteiger partial charge in [0, 0.05) is 13.0 Å². The second-order valence-electron chi connectivity index (χ2n) is 5.82. The minimum absolute atomic E-state index is 0.234. The van der Waals surface area contributed by atoms with E-state index in [9.17, 15) is 9.90 Å². The van der Waals surface area contributed by atoms with Crippen LogP contribution >= 0.6 is 0 Å². The van der Waals surface area contributed by atoms with Crippen molar-refractivity contribution < 1.29 is 19.2 Å². The van der Waals surface area contributed by atoms with Crippen molar-refractivity contribution in [3.63, 3.8) is 0 Å². The summed E-state index contributed by atoms with van der Waals surface area (Å²) in [5, 5.41) is 13.6. The van der Waals surface area contributed by atoms with Crippen LogP contribution in [0.25, 0.3) is 0 Å². The number of rotatable bonds is 6. The van der Waals surface area contributed by atoms with Crippen LogP contribution in [0.5, 0.6) is 0 Å². The summed E-state index contributed by atoms with van der Waals surface area (Å²) in [5.41, 5.74) is -0.755. The normalized spacial score (nSPS) is 19.9. The van der Waals surface area contributed by atoms with Crippen LogP contribution in [-0.2, 0) is 16.0 Å². The molecule has 6 heteroatoms. The molecule has 0 aromatic carbocycles. The molecule has 0 spiro atoms. The summed E-state index contributed by atoms with van der Waals surface area (Å²) in [6.45, 7) is 4.34. The van der Waals surface area contributed by atoms with Crippen LogP contribution in [-0.4, -0.2) is 27.8 Å². The maximum Gasteiger partial charge on any atom is 0.310 e. The van der Waals surface area contributed by atoms with E-state index in [4.69, 9.17) is 9.26 Å². The highest BCUT2D eigenvalue weighted by Gasteiger charge is 2.40. The van der Waals surface area contributed by atoms with Gasteiger partial charge in [0.25, 0.3) is 0 Å². The molecule has 21 heavy (non-hydrogen) atoms. The molecule has 1 aliphatic carbocycles. The Bertz CT molecular complexity index is 464. The van der Waals surface area contributed by atoms with Gasteiger partial charge in [-0.1, -0.05) is 30.8 Å². The Morgan fingerprint density at radius 2 is 2.05 bits per heavy atom. The molecular formula is C15H24N2O4. The van der Waals surface area contributed by atoms with Crippen molar-refractivity contribution >= 4 is 5.97 Å². The number of hydrogen-bond acceptors (Lipinski definition) is 5. The minimum Gasteiger partial charge on any atom is -0.481 e. The smallest absolute Gasteiger partial charge is 0.310 e. The first-order chi connectivity index (χ1) is 10.1. The molecule has 0 saturated heterocycles. The molecule has 1 atom stereocenters. The van der Waals surface area contributed by atoms with E-state index in [2.05, 4.69) is 10.1 Å². The third-order valence-corrected chi connectivity index (χ3v) is 4.27. The van der Waals surface area contributed by atoms with Gasteiger partial charge in [-0.25, -0.2) is 0 Å². The molecule has 1 N–H and O–H groups in total. The second-order valence-corrected chi connectivity index (χ2v) is 5.82. The monoisotopic (exact) mass is 296 g/mol. The van der Waals surface area contributed by atoms with Gasteiger partial charge in [0.1, 0.15) is 6.10 Å². The molecular weight excluding hydrogens is 272 g/mol. The van der Waals surface area contributed by atoms with Crippen LogP contribution in [0.1, 0.15) is 70.2 Å². The quantitative estimate of drug-likeness (QED) is 0.812. The Hall–Kier alpha value is -1.43. The summed E-state index contributed by atoms with van der Waals surface area (Å²) >= 11 is 0. The molecule has 1 heterocycles. The van der Waals surface area contributed by atoms with Crippen LogP contribution in [0.3, 0.4) is 0 Å². The van der Waals surface area contributed by atoms with Crippen molar-refractivity contribution in [3.8, 4) is 0 Å². The van der Waals surface area contributed by atoms with Gasteiger partial charge in [-0.3, -0.25) is 4.79 Å². The molecule has 0 aliphatic heterocycles. The number of aromatic nitrogens is 2. The highest BCUT2D eigenvalue weighted by atomic mass is 16.5. The van der Waals surface area contributed by atoms with Gasteiger partial charge in [0.05, 0.1) is 5.41 Å². The molecule has 1 aromatic heterocycles. The summed E-state index contributed by atoms with van der Waals surface area (Å²) < 4.78 is 10.7. The van der Waals surface area contributed by atoms with E-state index in [1.807, 2.05) is 13.8 Å². The molecule has 0 bridgehead atoms. The van der Waals surface area contributed by atoms with Gasteiger partial charge >= 0.3 is 5.97 Å². The zero-order valence-corrected chi connectivity index (χ0v) is 12.8. The molecule has 1 fully saturated rings. The molecule has 118 valence electrons. The van der Waals surface area contributed by atoms with E-state index in [1.165, 1.54) is 0 Å². The molecule has 1 aliphatic rings. The molecule has 0 radical (unpaired) electrons. The van der Waals surface area contributed by atoms with Gasteiger partial charge in [0.2, 0.25) is 5.89 Å². The minimum atomic E-state index is -0.755. The average molecular weight is 296 g/mol. The van der Waals surface area contributed by atoms with Gasteiger partial charge < -0.3 is 14.4 Å². The topological polar surface area (TPSA) is 85.5 Å². The van der Waals surface area contributed by atoms with E-state index in [0.29, 0.717) is 37.6 Å². The predicted octanol–water partition coefficient (Wildman–Crippen LogP) is 3.13. The first-order valence-corrected chi connectivity index (χ1v) is 7.75. The standard InChI is InChI=1S/C15H24N2O4/c1-3-20-11(2)13-16-12(21-17-13)10-15(14(18)19)8-6-4-5-7-9-15/h11H,3-10H2,1-2H3,(H,18,19). The summed E-state index contributed by atoms with van der Waals surface area (Å²) in [6, 6.07) is 0. The molecule has 1 saturated carbocycles. The van der Waals surface area contributed by atoms with Crippen molar-refractivity contribution in [1.29, 1.82) is 0 Å². The first-order valence-electron chi connectivity index (χ1n) is 7.75. The fourth-order valence-electron chi connectivity index (χ4n) is 2.99. The van der Waals surface area contributed by atoms with E-state index in [-0.39, 0.29) is 6.10 Å². The molecule has 1 aromatic rings. The van der Waals surface area contributed by atoms with Gasteiger partial charge in [0.15, 0.2) is 5.82 Å². The van der Waals surface area contributed by atoms with E-state index in [0.717, 1.165) is 25.7 Å². The molecule has 2 rings (SSSR count). The number of aliphatic carboxylic acids is 1. The number of carboxylic acid groups (broad SMARTS) is 1. The highest BCUT2D eigenvalue weighted by Crippen LogP contribution is 2.38. The van der Waals surface area contributed by atoms with E-state index >= 15 is 0 Å². The van der Waals surface area contributed by atoms with E-state index < -0.39 is 11.4 Å². The predicted molar refractivity (Wildman–Crippen MR) is 75.8 cm³/mol. The maximum atomic E-state index is 11.8. The Labute approximate surface area is 124 Å². The maximum absolute atomic E-state index is 11.8. The van der Waals surface area contributed by atoms with Crippen molar-refractivity contribution in [2.45, 2.75) is 64.9 Å². The SMILES string of the molecule is CCOC(C)c1noc(CC2(C(=O)O)CCCCCC2)n1. The number of carboxylic acids is 1. The summed E-state index contributed by atoms with van der Waals surface area (Å²) in [6.07, 6.45) is 5.54. The van der Waals surface area contributed by atoms with Crippen LogP contribution in [0.4, 0.5) is 0 Å². The average Bonchev–Trinajstić information content (AvgIpc) is 2.77. The second kappa shape index (κ2) is 7.02. The zero-order chi connectivity index (χ0) is 15.3. The Kier molecular flexibility index (Phi) is 5.33. The van der Waals surface area contributed by atoms with E-state index in [1.54, 1.807) is 0 Å². The van der Waals surface area contributed by atoms with Crippen LogP contribution in [0.15, 0.2) is 4.52 Å². The zero-order valence-electron chi connectivity index (χ0n) is 12.8. The number of nitrogens with zero attached hydrogens (tertiary/aromatic N) is 2. The summed E-state index contributed by atoms with van der Waals surface area (Å²) in [4.78, 5) is 16.1. The number of carbonyl (C=O) groups is 1. The number of ether oxygens (including phenoxy) is 1. The summed E-state index contributed by atoms with van der Waals surface area (Å²) in [5.74, 6) is 0.142.